The standard InChI is InChI=1S/C20H20F3N5O2/c21-20(22,23)17-16(30-19(29)26-11-14-4-2-1-3-5-14)12-25-18(28-17)27-15-8-6-13(10-24)7-9-15/h6-9,12,14H,1-5,11H2,(H,26,29)(H,25,27,28). The maximum atomic E-state index is 13.4. The number of ether oxygens (including phenoxy) is 1. The lowest BCUT2D eigenvalue weighted by Crippen LogP contribution is -2.33. The van der Waals surface area contributed by atoms with E-state index in [0.29, 0.717) is 23.7 Å². The smallest absolute Gasteiger partial charge is 0.406 e. The second kappa shape index (κ2) is 9.43. The van der Waals surface area contributed by atoms with Crippen molar-refractivity contribution in [2.24, 2.45) is 5.92 Å². The van der Waals surface area contributed by atoms with E-state index in [1.807, 2.05) is 6.07 Å². The number of rotatable bonds is 5. The van der Waals surface area contributed by atoms with Crippen LogP contribution in [0.2, 0.25) is 0 Å². The Labute approximate surface area is 171 Å². The molecule has 158 valence electrons. The van der Waals surface area contributed by atoms with Gasteiger partial charge in [-0.1, -0.05) is 19.3 Å². The van der Waals surface area contributed by atoms with Crippen LogP contribution in [-0.2, 0) is 6.18 Å². The summed E-state index contributed by atoms with van der Waals surface area (Å²) in [4.78, 5) is 19.2. The van der Waals surface area contributed by atoms with Crippen LogP contribution in [0.15, 0.2) is 30.5 Å². The third kappa shape index (κ3) is 5.83. The number of carbonyl (C=O) groups is 1. The number of amides is 1. The van der Waals surface area contributed by atoms with Crippen molar-refractivity contribution in [1.82, 2.24) is 15.3 Å². The third-order valence-electron chi connectivity index (χ3n) is 4.76. The van der Waals surface area contributed by atoms with Gasteiger partial charge in [0, 0.05) is 12.2 Å². The molecule has 1 amide bonds. The summed E-state index contributed by atoms with van der Waals surface area (Å²) in [5.41, 5.74) is -0.553. The Morgan fingerprint density at radius 1 is 1.20 bits per heavy atom. The summed E-state index contributed by atoms with van der Waals surface area (Å²) in [5.74, 6) is -0.778. The predicted octanol–water partition coefficient (Wildman–Crippen LogP) is 4.78. The molecule has 1 aromatic heterocycles. The van der Waals surface area contributed by atoms with Crippen LogP contribution in [0.5, 0.6) is 5.75 Å². The average Bonchev–Trinajstić information content (AvgIpc) is 2.74. The van der Waals surface area contributed by atoms with Crippen molar-refractivity contribution in [3.8, 4) is 11.8 Å². The summed E-state index contributed by atoms with van der Waals surface area (Å²) in [6.07, 6.45) is 0.283. The summed E-state index contributed by atoms with van der Waals surface area (Å²) in [6, 6.07) is 7.97. The Morgan fingerprint density at radius 2 is 1.90 bits per heavy atom. The van der Waals surface area contributed by atoms with Gasteiger partial charge in [-0.25, -0.2) is 14.8 Å². The second-order valence-corrected chi connectivity index (χ2v) is 6.99. The summed E-state index contributed by atoms with van der Waals surface area (Å²) in [7, 11) is 0. The van der Waals surface area contributed by atoms with Crippen LogP contribution in [0, 0.1) is 17.2 Å². The van der Waals surface area contributed by atoms with Crippen LogP contribution in [0.25, 0.3) is 0 Å². The Kier molecular flexibility index (Phi) is 6.72. The quantitative estimate of drug-likeness (QED) is 0.724. The first-order valence-electron chi connectivity index (χ1n) is 9.52. The molecule has 1 fully saturated rings. The lowest BCUT2D eigenvalue weighted by Gasteiger charge is -2.21. The number of nitriles is 1. The number of hydrogen-bond acceptors (Lipinski definition) is 6. The highest BCUT2D eigenvalue weighted by Crippen LogP contribution is 2.35. The van der Waals surface area contributed by atoms with Crippen LogP contribution in [0.1, 0.15) is 43.4 Å². The number of alkyl halides is 3. The molecule has 2 N–H and O–H groups in total. The molecule has 0 aliphatic heterocycles. The van der Waals surface area contributed by atoms with Crippen molar-refractivity contribution in [1.29, 1.82) is 5.26 Å². The number of nitrogens with one attached hydrogen (secondary N) is 2. The van der Waals surface area contributed by atoms with Gasteiger partial charge in [-0.05, 0) is 43.0 Å². The third-order valence-corrected chi connectivity index (χ3v) is 4.76. The Hall–Kier alpha value is -3.35. The fourth-order valence-corrected chi connectivity index (χ4v) is 3.22. The molecule has 0 saturated heterocycles. The molecule has 30 heavy (non-hydrogen) atoms. The van der Waals surface area contributed by atoms with Gasteiger partial charge in [0.2, 0.25) is 5.95 Å². The molecule has 0 atom stereocenters. The highest BCUT2D eigenvalue weighted by Gasteiger charge is 2.38. The van der Waals surface area contributed by atoms with E-state index in [1.165, 1.54) is 24.3 Å². The van der Waals surface area contributed by atoms with Crippen LogP contribution in [0.4, 0.5) is 29.6 Å². The van der Waals surface area contributed by atoms with Gasteiger partial charge in [0.15, 0.2) is 11.4 Å². The molecular formula is C20H20F3N5O2. The number of carbonyl (C=O) groups excluding carboxylic acids is 1. The zero-order valence-electron chi connectivity index (χ0n) is 16.0. The monoisotopic (exact) mass is 419 g/mol. The summed E-state index contributed by atoms with van der Waals surface area (Å²) >= 11 is 0. The molecule has 0 unspecified atom stereocenters. The van der Waals surface area contributed by atoms with E-state index < -0.39 is 23.7 Å². The van der Waals surface area contributed by atoms with Gasteiger partial charge in [-0.15, -0.1) is 0 Å². The molecule has 0 bridgehead atoms. The fourth-order valence-electron chi connectivity index (χ4n) is 3.22. The number of hydrogen-bond donors (Lipinski definition) is 2. The lowest BCUT2D eigenvalue weighted by molar-refractivity contribution is -0.142. The molecule has 1 aromatic carbocycles. The van der Waals surface area contributed by atoms with Gasteiger partial charge in [0.25, 0.3) is 0 Å². The van der Waals surface area contributed by atoms with Crippen LogP contribution in [-0.4, -0.2) is 22.6 Å². The van der Waals surface area contributed by atoms with Crippen molar-refractivity contribution in [2.75, 3.05) is 11.9 Å². The van der Waals surface area contributed by atoms with Crippen molar-refractivity contribution in [3.63, 3.8) is 0 Å². The van der Waals surface area contributed by atoms with Gasteiger partial charge in [0.1, 0.15) is 0 Å². The molecule has 1 aliphatic carbocycles. The first-order chi connectivity index (χ1) is 14.3. The Morgan fingerprint density at radius 3 is 2.53 bits per heavy atom. The molecule has 1 saturated carbocycles. The fraction of sp³-hybridized carbons (Fsp3) is 0.400. The van der Waals surface area contributed by atoms with Gasteiger partial charge in [-0.2, -0.15) is 18.4 Å². The van der Waals surface area contributed by atoms with E-state index in [2.05, 4.69) is 20.6 Å². The summed E-state index contributed by atoms with van der Waals surface area (Å²) < 4.78 is 45.1. The normalized spacial score (nSPS) is 14.6. The molecule has 0 radical (unpaired) electrons. The van der Waals surface area contributed by atoms with E-state index in [4.69, 9.17) is 10.00 Å². The summed E-state index contributed by atoms with van der Waals surface area (Å²) in [5, 5.41) is 13.9. The van der Waals surface area contributed by atoms with E-state index in [-0.39, 0.29) is 5.95 Å². The molecule has 1 aliphatic rings. The Balaban J connectivity index is 1.69. The molecular weight excluding hydrogens is 399 g/mol. The van der Waals surface area contributed by atoms with Crippen LogP contribution in [0.3, 0.4) is 0 Å². The number of halogens is 3. The van der Waals surface area contributed by atoms with Crippen molar-refractivity contribution in [3.05, 3.63) is 41.7 Å². The van der Waals surface area contributed by atoms with Gasteiger partial charge in [-0.3, -0.25) is 0 Å². The predicted molar refractivity (Wildman–Crippen MR) is 102 cm³/mol. The number of nitrogens with zero attached hydrogens (tertiary/aromatic N) is 3. The van der Waals surface area contributed by atoms with Crippen LogP contribution < -0.4 is 15.4 Å². The van der Waals surface area contributed by atoms with Gasteiger partial charge < -0.3 is 15.4 Å². The van der Waals surface area contributed by atoms with Gasteiger partial charge >= 0.3 is 12.3 Å². The first-order valence-corrected chi connectivity index (χ1v) is 9.52. The van der Waals surface area contributed by atoms with Crippen molar-refractivity contribution in [2.45, 2.75) is 38.3 Å². The highest BCUT2D eigenvalue weighted by atomic mass is 19.4. The SMILES string of the molecule is N#Cc1ccc(Nc2ncc(OC(=O)NCC3CCCCC3)c(C(F)(F)F)n2)cc1. The summed E-state index contributed by atoms with van der Waals surface area (Å²) in [6.45, 7) is 0.360. The maximum absolute atomic E-state index is 13.4. The van der Waals surface area contributed by atoms with Crippen molar-refractivity contribution < 1.29 is 22.7 Å². The zero-order chi connectivity index (χ0) is 21.6. The molecule has 1 heterocycles. The lowest BCUT2D eigenvalue weighted by atomic mass is 9.89. The minimum absolute atomic E-state index is 0.309. The second-order valence-electron chi connectivity index (χ2n) is 6.99. The number of anilines is 2. The van der Waals surface area contributed by atoms with E-state index in [1.54, 1.807) is 0 Å². The minimum Gasteiger partial charge on any atom is -0.406 e. The first kappa shape index (κ1) is 21.4. The Bertz CT molecular complexity index is 920. The topological polar surface area (TPSA) is 99.9 Å². The van der Waals surface area contributed by atoms with E-state index >= 15 is 0 Å². The average molecular weight is 419 g/mol. The maximum Gasteiger partial charge on any atom is 0.437 e. The highest BCUT2D eigenvalue weighted by molar-refractivity contribution is 5.70. The molecule has 2 aromatic rings. The minimum atomic E-state index is -4.84. The largest absolute Gasteiger partial charge is 0.437 e. The molecule has 10 heteroatoms. The molecule has 7 nitrogen and oxygen atoms in total. The van der Waals surface area contributed by atoms with E-state index in [0.717, 1.165) is 38.3 Å². The zero-order valence-corrected chi connectivity index (χ0v) is 16.0. The van der Waals surface area contributed by atoms with E-state index in [9.17, 15) is 18.0 Å². The van der Waals surface area contributed by atoms with Crippen molar-refractivity contribution >= 4 is 17.7 Å². The van der Waals surface area contributed by atoms with Crippen LogP contribution >= 0.6 is 0 Å². The molecule has 3 rings (SSSR count). The number of benzene rings is 1. The van der Waals surface area contributed by atoms with Gasteiger partial charge in [0.05, 0.1) is 17.8 Å². The number of aromatic nitrogens is 2. The molecule has 0 spiro atoms.